The van der Waals surface area contributed by atoms with E-state index in [9.17, 15) is 4.79 Å². The van der Waals surface area contributed by atoms with Gasteiger partial charge in [0.25, 0.3) is 0 Å². The van der Waals surface area contributed by atoms with Crippen LogP contribution in [0.4, 0.5) is 0 Å². The summed E-state index contributed by atoms with van der Waals surface area (Å²) in [5.41, 5.74) is 1.46. The van der Waals surface area contributed by atoms with E-state index in [1.54, 1.807) is 12.1 Å². The quantitative estimate of drug-likeness (QED) is 0.861. The van der Waals surface area contributed by atoms with Gasteiger partial charge in [-0.1, -0.05) is 42.5 Å². The molecular weight excluding hydrogens is 276 g/mol. The SMILES string of the molecule is O=c1c(OCc2ccccc2)ccccc1C1=CCCCO1. The first kappa shape index (κ1) is 14.4. The molecule has 1 aliphatic heterocycles. The molecule has 0 N–H and O–H groups in total. The highest BCUT2D eigenvalue weighted by atomic mass is 16.5. The molecule has 3 heteroatoms. The number of ether oxygens (including phenoxy) is 2. The maximum atomic E-state index is 12.6. The minimum atomic E-state index is -0.130. The molecule has 22 heavy (non-hydrogen) atoms. The highest BCUT2D eigenvalue weighted by Gasteiger charge is 2.13. The Morgan fingerprint density at radius 3 is 2.55 bits per heavy atom. The van der Waals surface area contributed by atoms with Gasteiger partial charge < -0.3 is 9.47 Å². The second-order valence-electron chi connectivity index (χ2n) is 5.16. The molecule has 0 amide bonds. The first-order chi connectivity index (χ1) is 10.8. The van der Waals surface area contributed by atoms with Crippen LogP contribution in [0.1, 0.15) is 24.0 Å². The maximum absolute atomic E-state index is 12.6. The van der Waals surface area contributed by atoms with Gasteiger partial charge in [-0.05, 0) is 36.6 Å². The Morgan fingerprint density at radius 2 is 1.77 bits per heavy atom. The van der Waals surface area contributed by atoms with Gasteiger partial charge in [-0.2, -0.15) is 0 Å². The van der Waals surface area contributed by atoms with Crippen molar-refractivity contribution in [1.29, 1.82) is 0 Å². The highest BCUT2D eigenvalue weighted by Crippen LogP contribution is 2.20. The zero-order valence-corrected chi connectivity index (χ0v) is 12.3. The van der Waals surface area contributed by atoms with Gasteiger partial charge in [0.1, 0.15) is 12.4 Å². The normalized spacial score (nSPS) is 13.9. The van der Waals surface area contributed by atoms with E-state index in [2.05, 4.69) is 0 Å². The lowest BCUT2D eigenvalue weighted by molar-refractivity contribution is 0.258. The van der Waals surface area contributed by atoms with Crippen LogP contribution in [0.2, 0.25) is 0 Å². The summed E-state index contributed by atoms with van der Waals surface area (Å²) in [4.78, 5) is 12.6. The van der Waals surface area contributed by atoms with Crippen molar-refractivity contribution in [3.63, 3.8) is 0 Å². The topological polar surface area (TPSA) is 35.5 Å². The Hall–Kier alpha value is -2.55. The van der Waals surface area contributed by atoms with Crippen molar-refractivity contribution in [1.82, 2.24) is 0 Å². The predicted octanol–water partition coefficient (Wildman–Crippen LogP) is 3.78. The van der Waals surface area contributed by atoms with Crippen molar-refractivity contribution < 1.29 is 9.47 Å². The number of allylic oxidation sites excluding steroid dienone is 1. The van der Waals surface area contributed by atoms with Crippen molar-refractivity contribution in [3.8, 4) is 5.75 Å². The predicted molar refractivity (Wildman–Crippen MR) is 86.6 cm³/mol. The third kappa shape index (κ3) is 3.37. The molecule has 0 radical (unpaired) electrons. The molecule has 0 bridgehead atoms. The van der Waals surface area contributed by atoms with Gasteiger partial charge in [-0.3, -0.25) is 4.79 Å². The molecule has 3 nitrogen and oxygen atoms in total. The van der Waals surface area contributed by atoms with Crippen LogP contribution in [0.25, 0.3) is 5.76 Å². The average molecular weight is 294 g/mol. The molecule has 0 saturated carbocycles. The average Bonchev–Trinajstić information content (AvgIpc) is 2.76. The van der Waals surface area contributed by atoms with Gasteiger partial charge in [0, 0.05) is 0 Å². The second kappa shape index (κ2) is 6.94. The summed E-state index contributed by atoms with van der Waals surface area (Å²) in [7, 11) is 0. The van der Waals surface area contributed by atoms with Crippen LogP contribution in [0, 0.1) is 0 Å². The van der Waals surface area contributed by atoms with E-state index in [4.69, 9.17) is 9.47 Å². The summed E-state index contributed by atoms with van der Waals surface area (Å²) >= 11 is 0. The summed E-state index contributed by atoms with van der Waals surface area (Å²) in [6.45, 7) is 1.03. The zero-order chi connectivity index (χ0) is 15.2. The summed E-state index contributed by atoms with van der Waals surface area (Å²) in [6.07, 6.45) is 3.91. The van der Waals surface area contributed by atoms with E-state index >= 15 is 0 Å². The van der Waals surface area contributed by atoms with Crippen LogP contribution in [-0.4, -0.2) is 6.61 Å². The molecule has 0 spiro atoms. The number of hydrogen-bond acceptors (Lipinski definition) is 3. The lowest BCUT2D eigenvalue weighted by Crippen LogP contribution is -2.12. The first-order valence-electron chi connectivity index (χ1n) is 7.48. The Balaban J connectivity index is 1.87. The largest absolute Gasteiger partial charge is 0.493 e. The maximum Gasteiger partial charge on any atom is 0.231 e. The highest BCUT2D eigenvalue weighted by molar-refractivity contribution is 5.61. The van der Waals surface area contributed by atoms with Crippen molar-refractivity contribution in [2.24, 2.45) is 0 Å². The molecule has 0 atom stereocenters. The van der Waals surface area contributed by atoms with Crippen molar-refractivity contribution in [3.05, 3.63) is 82.0 Å². The fourth-order valence-corrected chi connectivity index (χ4v) is 2.37. The van der Waals surface area contributed by atoms with Gasteiger partial charge in [-0.15, -0.1) is 0 Å². The summed E-state index contributed by atoms with van der Waals surface area (Å²) in [6, 6.07) is 17.0. The summed E-state index contributed by atoms with van der Waals surface area (Å²) in [5.74, 6) is 1.01. The van der Waals surface area contributed by atoms with E-state index in [-0.39, 0.29) is 5.43 Å². The van der Waals surface area contributed by atoms with Crippen LogP contribution in [0.5, 0.6) is 5.75 Å². The van der Waals surface area contributed by atoms with E-state index < -0.39 is 0 Å². The van der Waals surface area contributed by atoms with Crippen LogP contribution >= 0.6 is 0 Å². The van der Waals surface area contributed by atoms with E-state index in [0.717, 1.165) is 18.4 Å². The minimum Gasteiger partial charge on any atom is -0.493 e. The summed E-state index contributed by atoms with van der Waals surface area (Å²) in [5, 5.41) is 0. The Bertz CT molecular complexity index is 720. The molecular formula is C19H18O3. The van der Waals surface area contributed by atoms with Gasteiger partial charge in [-0.25, -0.2) is 0 Å². The van der Waals surface area contributed by atoms with Gasteiger partial charge in [0.05, 0.1) is 12.2 Å². The Morgan fingerprint density at radius 1 is 1.00 bits per heavy atom. The molecule has 0 saturated heterocycles. The van der Waals surface area contributed by atoms with Crippen molar-refractivity contribution in [2.75, 3.05) is 6.61 Å². The fourth-order valence-electron chi connectivity index (χ4n) is 2.37. The first-order valence-corrected chi connectivity index (χ1v) is 7.48. The Kier molecular flexibility index (Phi) is 4.54. The monoisotopic (exact) mass is 294 g/mol. The van der Waals surface area contributed by atoms with E-state index in [1.165, 1.54) is 0 Å². The molecule has 0 fully saturated rings. The van der Waals surface area contributed by atoms with E-state index in [0.29, 0.717) is 30.3 Å². The molecule has 3 rings (SSSR count). The number of benzene rings is 1. The lowest BCUT2D eigenvalue weighted by atomic mass is 10.1. The molecule has 0 unspecified atom stereocenters. The second-order valence-corrected chi connectivity index (χ2v) is 5.16. The van der Waals surface area contributed by atoms with Crippen molar-refractivity contribution in [2.45, 2.75) is 19.4 Å². The number of rotatable bonds is 4. The standard InChI is InChI=1S/C19H18O3/c20-19-16(17-11-6-7-13-21-17)10-4-5-12-18(19)22-14-15-8-2-1-3-9-15/h1-5,8-12H,6-7,13-14H2. The third-order valence-electron chi connectivity index (χ3n) is 3.53. The van der Waals surface area contributed by atoms with Crippen LogP contribution in [-0.2, 0) is 11.3 Å². The van der Waals surface area contributed by atoms with Crippen LogP contribution < -0.4 is 10.2 Å². The summed E-state index contributed by atoms with van der Waals surface area (Å²) < 4.78 is 11.3. The van der Waals surface area contributed by atoms with Gasteiger partial charge in [0.2, 0.25) is 5.43 Å². The van der Waals surface area contributed by atoms with Crippen LogP contribution in [0.15, 0.2) is 65.5 Å². The lowest BCUT2D eigenvalue weighted by Gasteiger charge is -2.14. The molecule has 1 aliphatic rings. The number of hydrogen-bond donors (Lipinski definition) is 0. The zero-order valence-electron chi connectivity index (χ0n) is 12.3. The third-order valence-corrected chi connectivity index (χ3v) is 3.53. The molecule has 2 aromatic carbocycles. The van der Waals surface area contributed by atoms with Gasteiger partial charge in [0.15, 0.2) is 5.75 Å². The van der Waals surface area contributed by atoms with Crippen LogP contribution in [0.3, 0.4) is 0 Å². The molecule has 112 valence electrons. The fraction of sp³-hybridized carbons (Fsp3) is 0.211. The van der Waals surface area contributed by atoms with E-state index in [1.807, 2.05) is 48.5 Å². The Labute approximate surface area is 129 Å². The molecule has 0 aliphatic carbocycles. The van der Waals surface area contributed by atoms with Gasteiger partial charge >= 0.3 is 0 Å². The molecule has 2 aromatic rings. The molecule has 0 aromatic heterocycles. The molecule has 1 heterocycles. The smallest absolute Gasteiger partial charge is 0.231 e. The minimum absolute atomic E-state index is 0.130. The van der Waals surface area contributed by atoms with Crippen molar-refractivity contribution >= 4 is 5.76 Å².